The van der Waals surface area contributed by atoms with Crippen molar-refractivity contribution in [1.29, 1.82) is 0 Å². The standard InChI is InChI=1S/C18H17NO3/c1-11-12(2)18(21)14-8-7-13(22-3)10-15(14)17(11)19-9-5-4-6-16(19)20/h4-10,21H,1-3H3. The molecule has 0 radical (unpaired) electrons. The zero-order valence-electron chi connectivity index (χ0n) is 12.8. The molecule has 1 N–H and O–H groups in total. The first kappa shape index (κ1) is 14.2. The zero-order chi connectivity index (χ0) is 15.9. The average molecular weight is 295 g/mol. The van der Waals surface area contributed by atoms with E-state index in [-0.39, 0.29) is 11.3 Å². The van der Waals surface area contributed by atoms with Crippen LogP contribution >= 0.6 is 0 Å². The summed E-state index contributed by atoms with van der Waals surface area (Å²) < 4.78 is 6.89. The van der Waals surface area contributed by atoms with Crippen molar-refractivity contribution in [1.82, 2.24) is 4.57 Å². The minimum atomic E-state index is -0.111. The molecule has 0 saturated carbocycles. The smallest absolute Gasteiger partial charge is 0.255 e. The van der Waals surface area contributed by atoms with Crippen LogP contribution in [-0.2, 0) is 0 Å². The molecular weight excluding hydrogens is 278 g/mol. The van der Waals surface area contributed by atoms with Crippen molar-refractivity contribution >= 4 is 10.8 Å². The maximum absolute atomic E-state index is 12.2. The van der Waals surface area contributed by atoms with Crippen LogP contribution in [0, 0.1) is 13.8 Å². The van der Waals surface area contributed by atoms with Gasteiger partial charge in [0.2, 0.25) is 0 Å². The van der Waals surface area contributed by atoms with Gasteiger partial charge in [0.25, 0.3) is 5.56 Å². The van der Waals surface area contributed by atoms with E-state index in [1.54, 1.807) is 30.0 Å². The molecule has 0 saturated heterocycles. The summed E-state index contributed by atoms with van der Waals surface area (Å²) >= 11 is 0. The molecule has 0 aliphatic rings. The van der Waals surface area contributed by atoms with Crippen LogP contribution in [0.4, 0.5) is 0 Å². The number of nitrogens with zero attached hydrogens (tertiary/aromatic N) is 1. The molecule has 0 bridgehead atoms. The van der Waals surface area contributed by atoms with E-state index in [2.05, 4.69) is 0 Å². The maximum atomic E-state index is 12.2. The van der Waals surface area contributed by atoms with Crippen molar-refractivity contribution in [3.63, 3.8) is 0 Å². The number of pyridine rings is 1. The van der Waals surface area contributed by atoms with Gasteiger partial charge in [0, 0.05) is 23.0 Å². The fourth-order valence-electron chi connectivity index (χ4n) is 2.73. The molecule has 1 aromatic heterocycles. The van der Waals surface area contributed by atoms with Gasteiger partial charge in [-0.2, -0.15) is 0 Å². The molecule has 0 aliphatic heterocycles. The minimum Gasteiger partial charge on any atom is -0.507 e. The number of methoxy groups -OCH3 is 1. The third-order valence-electron chi connectivity index (χ3n) is 4.07. The molecular formula is C18H17NO3. The Morgan fingerprint density at radius 1 is 1.05 bits per heavy atom. The summed E-state index contributed by atoms with van der Waals surface area (Å²) in [4.78, 5) is 12.2. The van der Waals surface area contributed by atoms with Gasteiger partial charge in [-0.1, -0.05) is 6.07 Å². The first-order valence-electron chi connectivity index (χ1n) is 7.02. The van der Waals surface area contributed by atoms with Gasteiger partial charge in [0.05, 0.1) is 12.8 Å². The number of aromatic hydroxyl groups is 1. The van der Waals surface area contributed by atoms with E-state index < -0.39 is 0 Å². The number of rotatable bonds is 2. The highest BCUT2D eigenvalue weighted by Gasteiger charge is 2.16. The van der Waals surface area contributed by atoms with Crippen molar-refractivity contribution < 1.29 is 9.84 Å². The van der Waals surface area contributed by atoms with E-state index >= 15 is 0 Å². The molecule has 1 heterocycles. The summed E-state index contributed by atoms with van der Waals surface area (Å²) in [7, 11) is 1.59. The molecule has 3 aromatic rings. The summed E-state index contributed by atoms with van der Waals surface area (Å²) in [5.74, 6) is 0.920. The Morgan fingerprint density at radius 3 is 2.50 bits per heavy atom. The average Bonchev–Trinajstić information content (AvgIpc) is 2.54. The molecule has 0 unspecified atom stereocenters. The molecule has 2 aromatic carbocycles. The van der Waals surface area contributed by atoms with Crippen LogP contribution < -0.4 is 10.3 Å². The quantitative estimate of drug-likeness (QED) is 0.789. The SMILES string of the molecule is COc1ccc2c(O)c(C)c(C)c(-n3ccccc3=O)c2c1. The largest absolute Gasteiger partial charge is 0.507 e. The van der Waals surface area contributed by atoms with Crippen molar-refractivity contribution in [3.05, 3.63) is 64.1 Å². The van der Waals surface area contributed by atoms with Crippen LogP contribution in [0.25, 0.3) is 16.5 Å². The number of phenols is 1. The molecule has 0 fully saturated rings. The summed E-state index contributed by atoms with van der Waals surface area (Å²) in [6.45, 7) is 3.76. The number of hydrogen-bond acceptors (Lipinski definition) is 3. The molecule has 22 heavy (non-hydrogen) atoms. The van der Waals surface area contributed by atoms with E-state index in [1.165, 1.54) is 6.07 Å². The fraction of sp³-hybridized carbons (Fsp3) is 0.167. The Kier molecular flexibility index (Phi) is 3.37. The summed E-state index contributed by atoms with van der Waals surface area (Å²) in [5, 5.41) is 11.9. The molecule has 0 atom stereocenters. The molecule has 0 spiro atoms. The zero-order valence-corrected chi connectivity index (χ0v) is 12.8. The van der Waals surface area contributed by atoms with Crippen molar-refractivity contribution in [2.45, 2.75) is 13.8 Å². The molecule has 3 rings (SSSR count). The maximum Gasteiger partial charge on any atom is 0.255 e. The van der Waals surface area contributed by atoms with E-state index in [4.69, 9.17) is 4.74 Å². The van der Waals surface area contributed by atoms with Gasteiger partial charge >= 0.3 is 0 Å². The summed E-state index contributed by atoms with van der Waals surface area (Å²) in [6.07, 6.45) is 1.74. The van der Waals surface area contributed by atoms with E-state index in [1.807, 2.05) is 32.0 Å². The van der Waals surface area contributed by atoms with Crippen molar-refractivity contribution in [2.24, 2.45) is 0 Å². The van der Waals surface area contributed by atoms with E-state index in [0.29, 0.717) is 11.1 Å². The number of ether oxygens (including phenoxy) is 1. The molecule has 112 valence electrons. The molecule has 0 aliphatic carbocycles. The second-order valence-electron chi connectivity index (χ2n) is 5.27. The number of benzene rings is 2. The second kappa shape index (κ2) is 5.22. The second-order valence-corrected chi connectivity index (χ2v) is 5.27. The first-order valence-corrected chi connectivity index (χ1v) is 7.02. The first-order chi connectivity index (χ1) is 10.5. The van der Waals surface area contributed by atoms with Crippen LogP contribution in [0.3, 0.4) is 0 Å². The lowest BCUT2D eigenvalue weighted by molar-refractivity contribution is 0.415. The Hall–Kier alpha value is -2.75. The third-order valence-corrected chi connectivity index (χ3v) is 4.07. The van der Waals surface area contributed by atoms with E-state index in [0.717, 1.165) is 22.2 Å². The van der Waals surface area contributed by atoms with Gasteiger partial charge in [0.1, 0.15) is 11.5 Å². The Morgan fingerprint density at radius 2 is 1.82 bits per heavy atom. The van der Waals surface area contributed by atoms with Gasteiger partial charge < -0.3 is 9.84 Å². The van der Waals surface area contributed by atoms with Gasteiger partial charge in [-0.3, -0.25) is 9.36 Å². The predicted molar refractivity (Wildman–Crippen MR) is 87.2 cm³/mol. The number of fused-ring (bicyclic) bond motifs is 1. The summed E-state index contributed by atoms with van der Waals surface area (Å²) in [5.41, 5.74) is 2.30. The topological polar surface area (TPSA) is 51.5 Å². The highest BCUT2D eigenvalue weighted by molar-refractivity contribution is 5.98. The predicted octanol–water partition coefficient (Wildman–Crippen LogP) is 3.32. The highest BCUT2D eigenvalue weighted by Crippen LogP contribution is 2.37. The lowest BCUT2D eigenvalue weighted by Gasteiger charge is -2.17. The number of aromatic nitrogens is 1. The number of phenolic OH excluding ortho intramolecular Hbond substituents is 1. The van der Waals surface area contributed by atoms with Gasteiger partial charge in [-0.15, -0.1) is 0 Å². The normalized spacial score (nSPS) is 10.9. The van der Waals surface area contributed by atoms with Crippen molar-refractivity contribution in [2.75, 3.05) is 7.11 Å². The van der Waals surface area contributed by atoms with Crippen LogP contribution in [-0.4, -0.2) is 16.8 Å². The van der Waals surface area contributed by atoms with Crippen molar-refractivity contribution in [3.8, 4) is 17.2 Å². The lowest BCUT2D eigenvalue weighted by Crippen LogP contribution is -2.17. The summed E-state index contributed by atoms with van der Waals surface area (Å²) in [6, 6.07) is 10.5. The Balaban J connectivity index is 2.52. The van der Waals surface area contributed by atoms with Crippen LogP contribution in [0.5, 0.6) is 11.5 Å². The van der Waals surface area contributed by atoms with Gasteiger partial charge in [-0.25, -0.2) is 0 Å². The van der Waals surface area contributed by atoms with Crippen LogP contribution in [0.1, 0.15) is 11.1 Å². The monoisotopic (exact) mass is 295 g/mol. The Bertz CT molecular complexity index is 925. The van der Waals surface area contributed by atoms with Crippen LogP contribution in [0.15, 0.2) is 47.4 Å². The fourth-order valence-corrected chi connectivity index (χ4v) is 2.73. The molecule has 0 amide bonds. The molecule has 4 nitrogen and oxygen atoms in total. The third kappa shape index (κ3) is 2.04. The highest BCUT2D eigenvalue weighted by atomic mass is 16.5. The minimum absolute atomic E-state index is 0.111. The van der Waals surface area contributed by atoms with E-state index in [9.17, 15) is 9.90 Å². The van der Waals surface area contributed by atoms with Gasteiger partial charge in [-0.05, 0) is 49.2 Å². The van der Waals surface area contributed by atoms with Crippen LogP contribution in [0.2, 0.25) is 0 Å². The Labute approximate surface area is 128 Å². The van der Waals surface area contributed by atoms with Gasteiger partial charge in [0.15, 0.2) is 0 Å². The lowest BCUT2D eigenvalue weighted by atomic mass is 9.98. The molecule has 4 heteroatoms. The number of hydrogen-bond donors (Lipinski definition) is 1.